The molecular weight excluding hydrogens is 284 g/mol. The number of fused-ring (bicyclic) bond motifs is 1. The van der Waals surface area contributed by atoms with Gasteiger partial charge in [0.1, 0.15) is 5.54 Å². The lowest BCUT2D eigenvalue weighted by atomic mass is 9.99. The van der Waals surface area contributed by atoms with Gasteiger partial charge in [0.15, 0.2) is 0 Å². The number of carbonyl (C=O) groups is 2. The zero-order valence-corrected chi connectivity index (χ0v) is 13.2. The van der Waals surface area contributed by atoms with E-state index in [-0.39, 0.29) is 11.8 Å². The molecule has 0 saturated carbocycles. The molecule has 4 nitrogen and oxygen atoms in total. The summed E-state index contributed by atoms with van der Waals surface area (Å²) in [6.45, 7) is 4.77. The SMILES string of the molecule is CC1(C)NC(=O)CCN(CC2CSc3ccccc32)C1=O. The van der Waals surface area contributed by atoms with Gasteiger partial charge in [0.25, 0.3) is 0 Å². The topological polar surface area (TPSA) is 49.4 Å². The number of nitrogens with zero attached hydrogens (tertiary/aromatic N) is 1. The van der Waals surface area contributed by atoms with Crippen molar-refractivity contribution in [3.05, 3.63) is 29.8 Å². The van der Waals surface area contributed by atoms with Gasteiger partial charge in [-0.3, -0.25) is 9.59 Å². The summed E-state index contributed by atoms with van der Waals surface area (Å²) in [6, 6.07) is 8.39. The van der Waals surface area contributed by atoms with Crippen molar-refractivity contribution in [1.82, 2.24) is 10.2 Å². The maximum absolute atomic E-state index is 12.6. The van der Waals surface area contributed by atoms with Crippen molar-refractivity contribution in [3.8, 4) is 0 Å². The summed E-state index contributed by atoms with van der Waals surface area (Å²) in [4.78, 5) is 27.5. The fraction of sp³-hybridized carbons (Fsp3) is 0.500. The number of nitrogens with one attached hydrogen (secondary N) is 1. The van der Waals surface area contributed by atoms with E-state index in [0.717, 1.165) is 5.75 Å². The van der Waals surface area contributed by atoms with Gasteiger partial charge in [-0.2, -0.15) is 0 Å². The van der Waals surface area contributed by atoms with E-state index in [1.165, 1.54) is 10.5 Å². The van der Waals surface area contributed by atoms with Crippen LogP contribution in [-0.4, -0.2) is 41.1 Å². The number of hydrogen-bond donors (Lipinski definition) is 1. The number of rotatable bonds is 2. The minimum atomic E-state index is -0.807. The molecule has 1 aromatic carbocycles. The molecule has 1 atom stereocenters. The zero-order valence-electron chi connectivity index (χ0n) is 12.4. The van der Waals surface area contributed by atoms with Crippen LogP contribution in [-0.2, 0) is 9.59 Å². The molecule has 1 unspecified atom stereocenters. The molecule has 21 heavy (non-hydrogen) atoms. The van der Waals surface area contributed by atoms with Crippen LogP contribution in [0.5, 0.6) is 0 Å². The third kappa shape index (κ3) is 2.79. The van der Waals surface area contributed by atoms with Crippen LogP contribution >= 0.6 is 11.8 Å². The first-order valence-corrected chi connectivity index (χ1v) is 8.28. The van der Waals surface area contributed by atoms with Gasteiger partial charge < -0.3 is 10.2 Å². The Kier molecular flexibility index (Phi) is 3.69. The number of benzene rings is 1. The van der Waals surface area contributed by atoms with Gasteiger partial charge in [-0.05, 0) is 25.5 Å². The van der Waals surface area contributed by atoms with Crippen molar-refractivity contribution < 1.29 is 9.59 Å². The summed E-state index contributed by atoms with van der Waals surface area (Å²) in [6.07, 6.45) is 0.386. The van der Waals surface area contributed by atoms with Crippen LogP contribution in [0.4, 0.5) is 0 Å². The molecule has 1 saturated heterocycles. The predicted molar refractivity (Wildman–Crippen MR) is 83.3 cm³/mol. The van der Waals surface area contributed by atoms with Gasteiger partial charge >= 0.3 is 0 Å². The highest BCUT2D eigenvalue weighted by molar-refractivity contribution is 7.99. The van der Waals surface area contributed by atoms with Gasteiger partial charge in [0, 0.05) is 36.1 Å². The Morgan fingerprint density at radius 2 is 2.10 bits per heavy atom. The Balaban J connectivity index is 1.78. The van der Waals surface area contributed by atoms with E-state index in [1.54, 1.807) is 13.8 Å². The lowest BCUT2D eigenvalue weighted by molar-refractivity contribution is -0.137. The van der Waals surface area contributed by atoms with Crippen LogP contribution < -0.4 is 5.32 Å². The number of hydrogen-bond acceptors (Lipinski definition) is 3. The van der Waals surface area contributed by atoms with E-state index in [4.69, 9.17) is 0 Å². The first kappa shape index (κ1) is 14.4. The minimum Gasteiger partial charge on any atom is -0.342 e. The Labute approximate surface area is 129 Å². The quantitative estimate of drug-likeness (QED) is 0.909. The average Bonchev–Trinajstić information content (AvgIpc) is 2.81. The van der Waals surface area contributed by atoms with E-state index >= 15 is 0 Å². The summed E-state index contributed by atoms with van der Waals surface area (Å²) in [5, 5.41) is 2.81. The lowest BCUT2D eigenvalue weighted by Crippen LogP contribution is -2.53. The van der Waals surface area contributed by atoms with Crippen molar-refractivity contribution in [2.24, 2.45) is 0 Å². The Hall–Kier alpha value is -1.49. The molecule has 112 valence electrons. The monoisotopic (exact) mass is 304 g/mol. The normalized spacial score (nSPS) is 24.5. The Bertz CT molecular complexity index is 585. The minimum absolute atomic E-state index is 0.0164. The standard InChI is InChI=1S/C16H20N2O2S/c1-16(2)15(20)18(8-7-14(19)17-16)9-11-10-21-13-6-4-3-5-12(11)13/h3-6,11H,7-10H2,1-2H3,(H,17,19). The molecule has 2 amide bonds. The second-order valence-corrected chi connectivity index (χ2v) is 7.28. The molecule has 2 aliphatic rings. The molecule has 1 fully saturated rings. The highest BCUT2D eigenvalue weighted by Crippen LogP contribution is 2.39. The van der Waals surface area contributed by atoms with Gasteiger partial charge in [-0.15, -0.1) is 11.8 Å². The van der Waals surface area contributed by atoms with E-state index in [1.807, 2.05) is 16.7 Å². The fourth-order valence-corrected chi connectivity index (χ4v) is 4.26. The molecule has 1 aromatic rings. The highest BCUT2D eigenvalue weighted by atomic mass is 32.2. The van der Waals surface area contributed by atoms with Crippen LogP contribution in [0.25, 0.3) is 0 Å². The van der Waals surface area contributed by atoms with Crippen molar-refractivity contribution in [1.29, 1.82) is 0 Å². The second-order valence-electron chi connectivity index (χ2n) is 6.22. The number of amides is 2. The second kappa shape index (κ2) is 5.37. The van der Waals surface area contributed by atoms with Crippen molar-refractivity contribution in [3.63, 3.8) is 0 Å². The van der Waals surface area contributed by atoms with Crippen molar-refractivity contribution in [2.75, 3.05) is 18.8 Å². The number of carbonyl (C=O) groups excluding carboxylic acids is 2. The molecule has 0 aliphatic carbocycles. The largest absolute Gasteiger partial charge is 0.342 e. The third-order valence-electron chi connectivity index (χ3n) is 4.12. The molecule has 5 heteroatoms. The number of thioether (sulfide) groups is 1. The average molecular weight is 304 g/mol. The molecule has 0 aromatic heterocycles. The molecule has 0 radical (unpaired) electrons. The summed E-state index contributed by atoms with van der Waals surface area (Å²) in [7, 11) is 0. The Morgan fingerprint density at radius 3 is 2.90 bits per heavy atom. The fourth-order valence-electron chi connectivity index (χ4n) is 3.02. The van der Waals surface area contributed by atoms with E-state index in [0.29, 0.717) is 25.4 Å². The van der Waals surface area contributed by atoms with Gasteiger partial charge in [0.2, 0.25) is 11.8 Å². The first-order chi connectivity index (χ1) is 9.97. The van der Waals surface area contributed by atoms with Crippen molar-refractivity contribution in [2.45, 2.75) is 36.6 Å². The molecule has 2 aliphatic heterocycles. The summed E-state index contributed by atoms with van der Waals surface area (Å²) in [5.41, 5.74) is 0.524. The Morgan fingerprint density at radius 1 is 1.33 bits per heavy atom. The van der Waals surface area contributed by atoms with Crippen LogP contribution in [0.3, 0.4) is 0 Å². The molecule has 0 bridgehead atoms. The lowest BCUT2D eigenvalue weighted by Gasteiger charge is -2.30. The van der Waals surface area contributed by atoms with Crippen LogP contribution in [0.1, 0.15) is 31.7 Å². The predicted octanol–water partition coefficient (Wildman–Crippen LogP) is 2.00. The first-order valence-electron chi connectivity index (χ1n) is 7.29. The van der Waals surface area contributed by atoms with Gasteiger partial charge in [-0.1, -0.05) is 18.2 Å². The van der Waals surface area contributed by atoms with E-state index in [2.05, 4.69) is 29.6 Å². The van der Waals surface area contributed by atoms with E-state index in [9.17, 15) is 9.59 Å². The molecular formula is C16H20N2O2S. The van der Waals surface area contributed by atoms with Crippen LogP contribution in [0.15, 0.2) is 29.2 Å². The van der Waals surface area contributed by atoms with Crippen LogP contribution in [0, 0.1) is 0 Å². The summed E-state index contributed by atoms with van der Waals surface area (Å²) < 4.78 is 0. The smallest absolute Gasteiger partial charge is 0.247 e. The summed E-state index contributed by atoms with van der Waals surface area (Å²) >= 11 is 1.85. The highest BCUT2D eigenvalue weighted by Gasteiger charge is 2.38. The summed E-state index contributed by atoms with van der Waals surface area (Å²) in [5.74, 6) is 1.34. The molecule has 2 heterocycles. The third-order valence-corrected chi connectivity index (χ3v) is 5.37. The van der Waals surface area contributed by atoms with Gasteiger partial charge in [-0.25, -0.2) is 0 Å². The maximum Gasteiger partial charge on any atom is 0.247 e. The van der Waals surface area contributed by atoms with Crippen molar-refractivity contribution >= 4 is 23.6 Å². The zero-order chi connectivity index (χ0) is 15.0. The van der Waals surface area contributed by atoms with Crippen LogP contribution in [0.2, 0.25) is 0 Å². The van der Waals surface area contributed by atoms with Gasteiger partial charge in [0.05, 0.1) is 0 Å². The molecule has 1 N–H and O–H groups in total. The molecule has 3 rings (SSSR count). The maximum atomic E-state index is 12.6. The molecule has 0 spiro atoms. The van der Waals surface area contributed by atoms with E-state index < -0.39 is 5.54 Å².